The highest BCUT2D eigenvalue weighted by molar-refractivity contribution is 5.66. The molecule has 22 rings (SSSR count). The van der Waals surface area contributed by atoms with Gasteiger partial charge in [-0.15, -0.1) is 0 Å². The number of hydrogen-bond acceptors (Lipinski definition) is 32. The van der Waals surface area contributed by atoms with Crippen molar-refractivity contribution in [2.24, 2.45) is 0 Å². The summed E-state index contributed by atoms with van der Waals surface area (Å²) >= 11 is 0. The SMILES string of the molecule is CCCCNNC(=O)OC[C@H]1O[C@@H]2O[C@H]3[C@H](O)[C@@H](O)[C@@H](O[C@H]4[C@H](O)[C@@H](O)[C@@H](O[C@H]5[C@H](O)[C@@H](O)[C@@H](O[C@H]6[C@H](O)[C@@H](O)[C@@H](O[C@H]7[C@H](O)[C@@H](O)[C@@H](O[C@H]1[C@H](O)[C@H]2O)O[C@@H]7CO)O[C@@H]6CO)O[C@@H]5CO)O[C@@H]4CO)O[C@@H]3CO. The Morgan fingerprint density at radius 3 is 0.824 bits per heavy atom. The van der Waals surface area contributed by atoms with Gasteiger partial charge in [-0.25, -0.2) is 10.2 Å². The highest BCUT2D eigenvalue weighted by Gasteiger charge is 2.59. The lowest BCUT2D eigenvalue weighted by molar-refractivity contribution is -0.404. The molecule has 0 unspecified atom stereocenters. The highest BCUT2D eigenvalue weighted by atomic mass is 16.8. The van der Waals surface area contributed by atoms with Gasteiger partial charge in [-0.05, 0) is 6.42 Å². The third-order valence-electron chi connectivity index (χ3n) is 13.7. The van der Waals surface area contributed by atoms with Crippen LogP contribution in [-0.4, -0.2) is 323 Å². The van der Waals surface area contributed by atoms with Crippen molar-refractivity contribution in [1.82, 2.24) is 10.9 Å². The van der Waals surface area contributed by atoms with E-state index >= 15 is 0 Å². The Labute approximate surface area is 420 Å². The quantitative estimate of drug-likeness (QED) is 0.0675. The van der Waals surface area contributed by atoms with Crippen LogP contribution in [0.25, 0.3) is 0 Å². The summed E-state index contributed by atoms with van der Waals surface area (Å²) in [6, 6.07) is 0. The van der Waals surface area contributed by atoms with E-state index in [-0.39, 0.29) is 0 Å². The van der Waals surface area contributed by atoms with Crippen LogP contribution in [0.2, 0.25) is 0 Å². The fourth-order valence-electron chi connectivity index (χ4n) is 9.51. The zero-order valence-corrected chi connectivity index (χ0v) is 39.5. The van der Waals surface area contributed by atoms with E-state index < -0.39 is 230 Å². The molecule has 30 atom stereocenters. The van der Waals surface area contributed by atoms with E-state index in [4.69, 9.17) is 61.6 Å². The lowest BCUT2D eigenvalue weighted by Crippen LogP contribution is -2.69. The van der Waals surface area contributed by atoms with Gasteiger partial charge in [0.1, 0.15) is 153 Å². The largest absolute Gasteiger partial charge is 0.446 e. The molecule has 430 valence electrons. The molecule has 0 spiro atoms. The molecule has 33 nitrogen and oxygen atoms in total. The third kappa shape index (κ3) is 12.6. The number of carbonyl (C=O) groups is 1. The first kappa shape index (κ1) is 59.7. The van der Waals surface area contributed by atoms with E-state index in [1.54, 1.807) is 0 Å². The molecule has 12 bridgehead atoms. The summed E-state index contributed by atoms with van der Waals surface area (Å²) in [7, 11) is 0. The van der Waals surface area contributed by atoms with E-state index in [1.165, 1.54) is 0 Å². The predicted octanol–water partition coefficient (Wildman–Crippen LogP) is -12.0. The average molecular weight is 1090 g/mol. The van der Waals surface area contributed by atoms with Crippen LogP contribution in [0.3, 0.4) is 0 Å². The number of nitrogens with one attached hydrogen (secondary N) is 2. The molecule has 0 saturated carbocycles. The number of aliphatic hydroxyl groups excluding tert-OH is 17. The number of rotatable bonds is 11. The van der Waals surface area contributed by atoms with Gasteiger partial charge < -0.3 is 148 Å². The second-order valence-electron chi connectivity index (χ2n) is 18.7. The van der Waals surface area contributed by atoms with Gasteiger partial charge in [0.2, 0.25) is 0 Å². The van der Waals surface area contributed by atoms with Gasteiger partial charge in [-0.2, -0.15) is 0 Å². The topological polar surface area (TPSA) is 505 Å². The van der Waals surface area contributed by atoms with Crippen molar-refractivity contribution in [1.29, 1.82) is 0 Å². The molecule has 0 aromatic heterocycles. The summed E-state index contributed by atoms with van der Waals surface area (Å²) in [4.78, 5) is 12.7. The molecule has 0 aromatic rings. The predicted molar refractivity (Wildman–Crippen MR) is 226 cm³/mol. The van der Waals surface area contributed by atoms with Crippen LogP contribution in [-0.2, 0) is 61.6 Å². The minimum absolute atomic E-state index is 0.334. The molecule has 0 aliphatic carbocycles. The van der Waals surface area contributed by atoms with E-state index in [2.05, 4.69) is 10.9 Å². The summed E-state index contributed by atoms with van der Waals surface area (Å²) in [6.45, 7) is -3.72. The second-order valence-corrected chi connectivity index (χ2v) is 18.7. The lowest BCUT2D eigenvalue weighted by atomic mass is 9.94. The fourth-order valence-corrected chi connectivity index (χ4v) is 9.51. The van der Waals surface area contributed by atoms with Crippen LogP contribution in [0, 0.1) is 0 Å². The highest BCUT2D eigenvalue weighted by Crippen LogP contribution is 2.38. The molecule has 22 aliphatic rings. The molecule has 0 aromatic carbocycles. The van der Waals surface area contributed by atoms with E-state index in [0.717, 1.165) is 6.42 Å². The van der Waals surface area contributed by atoms with Crippen molar-refractivity contribution >= 4 is 6.09 Å². The molecule has 22 heterocycles. The molecule has 1 amide bonds. The lowest BCUT2D eigenvalue weighted by Gasteiger charge is -2.50. The van der Waals surface area contributed by atoms with Gasteiger partial charge in [0, 0.05) is 6.54 Å². The minimum atomic E-state index is -2.21. The Hall–Kier alpha value is -1.93. The number of amides is 1. The van der Waals surface area contributed by atoms with Crippen LogP contribution in [0.1, 0.15) is 19.8 Å². The summed E-state index contributed by atoms with van der Waals surface area (Å²) in [6.07, 6.45) is -59.3. The third-order valence-corrected chi connectivity index (χ3v) is 13.7. The van der Waals surface area contributed by atoms with Gasteiger partial charge in [0.05, 0.1) is 33.0 Å². The minimum Gasteiger partial charge on any atom is -0.446 e. The molecular weight excluding hydrogens is 1020 g/mol. The number of carbonyl (C=O) groups excluding carboxylic acids is 1. The van der Waals surface area contributed by atoms with Crippen LogP contribution in [0.5, 0.6) is 0 Å². The van der Waals surface area contributed by atoms with Gasteiger partial charge in [-0.1, -0.05) is 13.3 Å². The molecular formula is C41H70N2O31. The van der Waals surface area contributed by atoms with E-state index in [0.29, 0.717) is 13.0 Å². The van der Waals surface area contributed by atoms with Gasteiger partial charge >= 0.3 is 6.09 Å². The van der Waals surface area contributed by atoms with Crippen molar-refractivity contribution in [3.05, 3.63) is 0 Å². The van der Waals surface area contributed by atoms with E-state index in [9.17, 15) is 91.6 Å². The van der Waals surface area contributed by atoms with Gasteiger partial charge in [0.25, 0.3) is 0 Å². The zero-order chi connectivity index (χ0) is 53.9. The second kappa shape index (κ2) is 26.4. The summed E-state index contributed by atoms with van der Waals surface area (Å²) < 4.78 is 74.2. The number of ether oxygens (including phenoxy) is 13. The van der Waals surface area contributed by atoms with Crippen LogP contribution >= 0.6 is 0 Å². The zero-order valence-electron chi connectivity index (χ0n) is 39.5. The van der Waals surface area contributed by atoms with Crippen molar-refractivity contribution in [3.63, 3.8) is 0 Å². The normalized spacial score (nSPS) is 50.5. The molecule has 22 saturated heterocycles. The molecule has 22 aliphatic heterocycles. The summed E-state index contributed by atoms with van der Waals surface area (Å²) in [5.41, 5.74) is 4.89. The molecule has 74 heavy (non-hydrogen) atoms. The Morgan fingerprint density at radius 1 is 0.365 bits per heavy atom. The Balaban J connectivity index is 1.20. The summed E-state index contributed by atoms with van der Waals surface area (Å²) in [5.74, 6) is 0. The van der Waals surface area contributed by atoms with Crippen LogP contribution in [0.15, 0.2) is 0 Å². The Kier molecular flexibility index (Phi) is 21.3. The first-order valence-electron chi connectivity index (χ1n) is 24.0. The van der Waals surface area contributed by atoms with E-state index in [1.807, 2.05) is 6.92 Å². The fraction of sp³-hybridized carbons (Fsp3) is 0.976. The monoisotopic (exact) mass is 1090 g/mol. The van der Waals surface area contributed by atoms with Crippen LogP contribution in [0.4, 0.5) is 4.79 Å². The van der Waals surface area contributed by atoms with Crippen molar-refractivity contribution in [2.75, 3.05) is 46.2 Å². The maximum Gasteiger partial charge on any atom is 0.421 e. The molecule has 0 radical (unpaired) electrons. The first-order valence-corrected chi connectivity index (χ1v) is 24.0. The van der Waals surface area contributed by atoms with Crippen molar-refractivity contribution < 1.29 is 153 Å². The maximum absolute atomic E-state index is 12.7. The molecule has 19 N–H and O–H groups in total. The Bertz CT molecular complexity index is 1720. The summed E-state index contributed by atoms with van der Waals surface area (Å²) in [5, 5.41) is 188. The van der Waals surface area contributed by atoms with Crippen molar-refractivity contribution in [3.8, 4) is 0 Å². The molecule has 33 heteroatoms. The van der Waals surface area contributed by atoms with Crippen LogP contribution < -0.4 is 10.9 Å². The number of aliphatic hydroxyl groups is 17. The number of unbranched alkanes of at least 4 members (excludes halogenated alkanes) is 1. The van der Waals surface area contributed by atoms with Crippen molar-refractivity contribution in [2.45, 2.75) is 204 Å². The number of hydrogen-bond donors (Lipinski definition) is 19. The standard InChI is InChI=1S/C41H70N2O31/c1-2-3-4-42-43-41(61)62-10-16-34-22(54)28(60)40(68-16)73-33-15(9-48)66-38(26(58)20(33)52)71-31-13(7-46)64-36(24(56)18(31)50)69-29-11(5-44)63-35(23(55)17(29)49)70-30-12(6-45)65-37(25(57)19(30)51)72-32-14(8-47)67-39(74-34)27(59)21(32)53/h11-40,42,44-60H,2-10H2,1H3,(H,43,61)/t11-,12-,13-,14-,15-,16-,17-,18-,19-,20-,21-,22-,23-,24-,25-,26-,27-,28-,29-,30-,31-,32-,33-,34-,35-,36-,37-,38-,39-,40-/m1/s1. The molecule has 22 fully saturated rings. The maximum atomic E-state index is 12.7. The first-order chi connectivity index (χ1) is 35.3. The smallest absolute Gasteiger partial charge is 0.421 e. The van der Waals surface area contributed by atoms with Gasteiger partial charge in [-0.3, -0.25) is 5.43 Å². The number of hydrazine groups is 1. The Morgan fingerprint density at radius 2 is 0.595 bits per heavy atom. The average Bonchev–Trinajstić information content (AvgIpc) is 3.39. The van der Waals surface area contributed by atoms with Gasteiger partial charge in [0.15, 0.2) is 37.7 Å².